The highest BCUT2D eigenvalue weighted by molar-refractivity contribution is 5.99. The van der Waals surface area contributed by atoms with Crippen LogP contribution in [0.1, 0.15) is 47.7 Å². The Morgan fingerprint density at radius 1 is 1.07 bits per heavy atom. The van der Waals surface area contributed by atoms with Crippen molar-refractivity contribution in [2.75, 3.05) is 13.1 Å². The third kappa shape index (κ3) is 3.48. The van der Waals surface area contributed by atoms with Gasteiger partial charge in [0.25, 0.3) is 5.91 Å². The van der Waals surface area contributed by atoms with Gasteiger partial charge in [-0.3, -0.25) is 9.79 Å². The zero-order chi connectivity index (χ0) is 19.5. The molecule has 1 saturated heterocycles. The quantitative estimate of drug-likeness (QED) is 0.788. The molecule has 2 aliphatic heterocycles. The van der Waals surface area contributed by atoms with Crippen molar-refractivity contribution in [1.29, 1.82) is 5.26 Å². The summed E-state index contributed by atoms with van der Waals surface area (Å²) in [6.07, 6.45) is 2.78. The van der Waals surface area contributed by atoms with Crippen molar-refractivity contribution in [3.8, 4) is 6.07 Å². The summed E-state index contributed by atoms with van der Waals surface area (Å²) in [5, 5.41) is 9.25. The molecule has 0 aliphatic carbocycles. The lowest BCUT2D eigenvalue weighted by Crippen LogP contribution is -2.40. The molecule has 28 heavy (non-hydrogen) atoms. The molecule has 2 aromatic carbocycles. The van der Waals surface area contributed by atoms with Gasteiger partial charge in [-0.15, -0.1) is 0 Å². The van der Waals surface area contributed by atoms with E-state index in [1.54, 1.807) is 18.2 Å². The standard InChI is InChI=1S/C24H23N3O/c1-17-15-22(26-23(17)19-7-3-2-4-8-19)18-11-13-27(14-12-18)24(28)21-10-6-5-9-20(21)16-25/h2-10,18H,11-15H2,1H3. The van der Waals surface area contributed by atoms with Gasteiger partial charge in [-0.2, -0.15) is 5.26 Å². The van der Waals surface area contributed by atoms with Gasteiger partial charge in [0.05, 0.1) is 22.9 Å². The normalized spacial score (nSPS) is 17.4. The van der Waals surface area contributed by atoms with Crippen LogP contribution in [-0.4, -0.2) is 29.6 Å². The van der Waals surface area contributed by atoms with Crippen LogP contribution in [0, 0.1) is 17.2 Å². The van der Waals surface area contributed by atoms with E-state index in [1.807, 2.05) is 29.2 Å². The number of nitrogens with zero attached hydrogens (tertiary/aromatic N) is 3. The maximum atomic E-state index is 12.8. The van der Waals surface area contributed by atoms with E-state index in [2.05, 4.69) is 25.1 Å². The minimum atomic E-state index is -0.0387. The van der Waals surface area contributed by atoms with Gasteiger partial charge in [0.15, 0.2) is 0 Å². The molecule has 4 nitrogen and oxygen atoms in total. The molecule has 1 amide bonds. The van der Waals surface area contributed by atoms with Crippen molar-refractivity contribution in [3.05, 3.63) is 76.9 Å². The zero-order valence-electron chi connectivity index (χ0n) is 16.1. The summed E-state index contributed by atoms with van der Waals surface area (Å²) in [6.45, 7) is 3.58. The second kappa shape index (κ2) is 7.82. The van der Waals surface area contributed by atoms with E-state index in [0.29, 0.717) is 30.1 Å². The topological polar surface area (TPSA) is 56.5 Å². The summed E-state index contributed by atoms with van der Waals surface area (Å²) >= 11 is 0. The number of likely N-dealkylation sites (tertiary alicyclic amines) is 1. The van der Waals surface area contributed by atoms with Gasteiger partial charge in [-0.05, 0) is 37.5 Å². The van der Waals surface area contributed by atoms with Gasteiger partial charge in [-0.1, -0.05) is 42.5 Å². The molecule has 140 valence electrons. The summed E-state index contributed by atoms with van der Waals surface area (Å²) < 4.78 is 0. The minimum Gasteiger partial charge on any atom is -0.339 e. The Bertz CT molecular complexity index is 990. The first-order chi connectivity index (χ1) is 13.7. The number of carbonyl (C=O) groups is 1. The molecule has 4 rings (SSSR count). The Balaban J connectivity index is 1.43. The number of hydrogen-bond donors (Lipinski definition) is 0. The first-order valence-electron chi connectivity index (χ1n) is 9.78. The number of hydrogen-bond acceptors (Lipinski definition) is 3. The highest BCUT2D eigenvalue weighted by Crippen LogP contribution is 2.33. The van der Waals surface area contributed by atoms with Crippen molar-refractivity contribution < 1.29 is 4.79 Å². The van der Waals surface area contributed by atoms with Crippen LogP contribution in [0.4, 0.5) is 0 Å². The Kier molecular flexibility index (Phi) is 5.08. The van der Waals surface area contributed by atoms with Crippen LogP contribution in [0.15, 0.2) is 65.2 Å². The molecule has 4 heteroatoms. The van der Waals surface area contributed by atoms with Crippen molar-refractivity contribution in [1.82, 2.24) is 4.90 Å². The second-order valence-electron chi connectivity index (χ2n) is 7.50. The molecule has 0 bridgehead atoms. The predicted molar refractivity (Wildman–Crippen MR) is 111 cm³/mol. The first-order valence-corrected chi connectivity index (χ1v) is 9.78. The lowest BCUT2D eigenvalue weighted by Gasteiger charge is -2.32. The van der Waals surface area contributed by atoms with Crippen LogP contribution >= 0.6 is 0 Å². The van der Waals surface area contributed by atoms with Gasteiger partial charge >= 0.3 is 0 Å². The summed E-state index contributed by atoms with van der Waals surface area (Å²) in [5.41, 5.74) is 5.81. The fourth-order valence-corrected chi connectivity index (χ4v) is 4.13. The molecule has 0 aromatic heterocycles. The van der Waals surface area contributed by atoms with Crippen LogP contribution in [0.3, 0.4) is 0 Å². The number of piperidine rings is 1. The summed E-state index contributed by atoms with van der Waals surface area (Å²) in [5.74, 6) is 0.384. The lowest BCUT2D eigenvalue weighted by molar-refractivity contribution is 0.0709. The Hall–Kier alpha value is -3.19. The molecular weight excluding hydrogens is 346 g/mol. The van der Waals surface area contributed by atoms with Crippen molar-refractivity contribution in [3.63, 3.8) is 0 Å². The van der Waals surface area contributed by atoms with E-state index in [0.717, 1.165) is 25.0 Å². The number of benzene rings is 2. The van der Waals surface area contributed by atoms with Crippen LogP contribution in [-0.2, 0) is 0 Å². The summed E-state index contributed by atoms with van der Waals surface area (Å²) in [6, 6.07) is 19.5. The molecule has 0 N–H and O–H groups in total. The Morgan fingerprint density at radius 3 is 2.46 bits per heavy atom. The fourth-order valence-electron chi connectivity index (χ4n) is 4.13. The molecule has 0 atom stereocenters. The average molecular weight is 369 g/mol. The average Bonchev–Trinajstić information content (AvgIpc) is 3.15. The predicted octanol–water partition coefficient (Wildman–Crippen LogP) is 4.69. The lowest BCUT2D eigenvalue weighted by atomic mass is 9.89. The van der Waals surface area contributed by atoms with Crippen LogP contribution < -0.4 is 0 Å². The maximum absolute atomic E-state index is 12.8. The number of rotatable bonds is 3. The molecule has 0 unspecified atom stereocenters. The largest absolute Gasteiger partial charge is 0.339 e. The zero-order valence-corrected chi connectivity index (χ0v) is 16.1. The third-order valence-corrected chi connectivity index (χ3v) is 5.68. The fraction of sp³-hybridized carbons (Fsp3) is 0.292. The summed E-state index contributed by atoms with van der Waals surface area (Å²) in [4.78, 5) is 19.7. The number of amides is 1. The van der Waals surface area contributed by atoms with Crippen LogP contribution in [0.5, 0.6) is 0 Å². The molecule has 2 heterocycles. The number of allylic oxidation sites excluding steroid dienone is 1. The summed E-state index contributed by atoms with van der Waals surface area (Å²) in [7, 11) is 0. The van der Waals surface area contributed by atoms with Gasteiger partial charge in [0.2, 0.25) is 0 Å². The highest BCUT2D eigenvalue weighted by atomic mass is 16.2. The minimum absolute atomic E-state index is 0.0387. The van der Waals surface area contributed by atoms with E-state index in [4.69, 9.17) is 4.99 Å². The van der Waals surface area contributed by atoms with Gasteiger partial charge in [-0.25, -0.2) is 0 Å². The maximum Gasteiger partial charge on any atom is 0.255 e. The van der Waals surface area contributed by atoms with E-state index < -0.39 is 0 Å². The van der Waals surface area contributed by atoms with Crippen LogP contribution in [0.25, 0.3) is 5.70 Å². The van der Waals surface area contributed by atoms with Gasteiger partial charge in [0, 0.05) is 36.7 Å². The Morgan fingerprint density at radius 2 is 1.75 bits per heavy atom. The molecule has 0 radical (unpaired) electrons. The number of aliphatic imine (C=N–C) groups is 1. The second-order valence-corrected chi connectivity index (χ2v) is 7.50. The van der Waals surface area contributed by atoms with Crippen LogP contribution in [0.2, 0.25) is 0 Å². The van der Waals surface area contributed by atoms with E-state index >= 15 is 0 Å². The van der Waals surface area contributed by atoms with Gasteiger partial charge < -0.3 is 4.90 Å². The molecule has 2 aliphatic rings. The van der Waals surface area contributed by atoms with E-state index in [9.17, 15) is 10.1 Å². The van der Waals surface area contributed by atoms with Crippen molar-refractivity contribution in [2.45, 2.75) is 26.2 Å². The first kappa shape index (κ1) is 18.2. The number of nitriles is 1. The van der Waals surface area contributed by atoms with E-state index in [-0.39, 0.29) is 5.91 Å². The molecule has 1 fully saturated rings. The molecule has 2 aromatic rings. The monoisotopic (exact) mass is 369 g/mol. The number of carbonyl (C=O) groups excluding carboxylic acids is 1. The Labute approximate surface area is 165 Å². The SMILES string of the molecule is CC1=C(c2ccccc2)N=C(C2CCN(C(=O)c3ccccc3C#N)CC2)C1. The van der Waals surface area contributed by atoms with Gasteiger partial charge in [0.1, 0.15) is 0 Å². The van der Waals surface area contributed by atoms with E-state index in [1.165, 1.54) is 16.8 Å². The van der Waals surface area contributed by atoms with Crippen molar-refractivity contribution in [2.24, 2.45) is 10.9 Å². The molecule has 0 saturated carbocycles. The molecular formula is C24H23N3O. The third-order valence-electron chi connectivity index (χ3n) is 5.68. The highest BCUT2D eigenvalue weighted by Gasteiger charge is 2.29. The van der Waals surface area contributed by atoms with Crippen molar-refractivity contribution >= 4 is 17.3 Å². The smallest absolute Gasteiger partial charge is 0.255 e. The molecule has 0 spiro atoms.